The second-order valence-electron chi connectivity index (χ2n) is 7.79. The molecule has 0 unspecified atom stereocenters. The molecule has 0 atom stereocenters. The van der Waals surface area contributed by atoms with Gasteiger partial charge in [-0.15, -0.1) is 0 Å². The van der Waals surface area contributed by atoms with Gasteiger partial charge >= 0.3 is 0 Å². The minimum Gasteiger partial charge on any atom is -0.381 e. The van der Waals surface area contributed by atoms with Crippen LogP contribution in [0.25, 0.3) is 0 Å². The summed E-state index contributed by atoms with van der Waals surface area (Å²) in [5.74, 6) is 0.540. The summed E-state index contributed by atoms with van der Waals surface area (Å²) in [6.45, 7) is 3.36. The van der Waals surface area contributed by atoms with E-state index < -0.39 is 15.8 Å². The van der Waals surface area contributed by atoms with Gasteiger partial charge in [0.25, 0.3) is 0 Å². The third-order valence-electron chi connectivity index (χ3n) is 5.53. The van der Waals surface area contributed by atoms with Crippen LogP contribution in [-0.2, 0) is 31.7 Å². The first-order chi connectivity index (χ1) is 14.5. The molecule has 10 heteroatoms. The molecular formula is C20H26FN3O5S. The van der Waals surface area contributed by atoms with Crippen LogP contribution in [0.5, 0.6) is 0 Å². The van der Waals surface area contributed by atoms with Gasteiger partial charge in [-0.2, -0.15) is 9.29 Å². The van der Waals surface area contributed by atoms with Gasteiger partial charge in [-0.3, -0.25) is 0 Å². The van der Waals surface area contributed by atoms with Crippen LogP contribution < -0.4 is 0 Å². The first-order valence-electron chi connectivity index (χ1n) is 10.2. The lowest BCUT2D eigenvalue weighted by molar-refractivity contribution is 0.0211. The van der Waals surface area contributed by atoms with Gasteiger partial charge in [-0.05, 0) is 24.8 Å². The van der Waals surface area contributed by atoms with Crippen molar-refractivity contribution in [2.24, 2.45) is 5.92 Å². The predicted octanol–water partition coefficient (Wildman–Crippen LogP) is 2.12. The highest BCUT2D eigenvalue weighted by atomic mass is 32.2. The molecule has 1 aromatic carbocycles. The maximum atomic E-state index is 13.8. The third kappa shape index (κ3) is 5.23. The Morgan fingerprint density at radius 3 is 2.73 bits per heavy atom. The maximum Gasteiger partial charge on any atom is 0.232 e. The summed E-state index contributed by atoms with van der Waals surface area (Å²) < 4.78 is 56.4. The summed E-state index contributed by atoms with van der Waals surface area (Å²) in [5, 5.41) is 3.97. The van der Waals surface area contributed by atoms with E-state index in [4.69, 9.17) is 14.0 Å². The summed E-state index contributed by atoms with van der Waals surface area (Å²) in [4.78, 5) is 4.37. The predicted molar refractivity (Wildman–Crippen MR) is 106 cm³/mol. The first-order valence-corrected chi connectivity index (χ1v) is 11.8. The van der Waals surface area contributed by atoms with Crippen molar-refractivity contribution >= 4 is 10.0 Å². The Kier molecular flexibility index (Phi) is 6.77. The van der Waals surface area contributed by atoms with Crippen LogP contribution >= 0.6 is 0 Å². The number of ether oxygens (including phenoxy) is 2. The molecule has 0 radical (unpaired) electrons. The fourth-order valence-corrected chi connectivity index (χ4v) is 5.21. The van der Waals surface area contributed by atoms with Crippen LogP contribution in [0.3, 0.4) is 0 Å². The van der Waals surface area contributed by atoms with Gasteiger partial charge < -0.3 is 14.0 Å². The molecule has 0 aliphatic carbocycles. The number of aromatic nitrogens is 2. The van der Waals surface area contributed by atoms with Crippen LogP contribution in [0.1, 0.15) is 36.0 Å². The molecule has 2 saturated heterocycles. The van der Waals surface area contributed by atoms with E-state index in [1.54, 1.807) is 6.07 Å². The molecule has 30 heavy (non-hydrogen) atoms. The van der Waals surface area contributed by atoms with Crippen LogP contribution in [0.4, 0.5) is 4.39 Å². The van der Waals surface area contributed by atoms with Crippen molar-refractivity contribution in [1.29, 1.82) is 0 Å². The molecule has 2 aliphatic rings. The minimum absolute atomic E-state index is 0.134. The van der Waals surface area contributed by atoms with E-state index in [0.717, 1.165) is 26.1 Å². The van der Waals surface area contributed by atoms with Crippen LogP contribution in [0.2, 0.25) is 0 Å². The SMILES string of the molecule is O=S(=O)(Cc1ccccc1F)N1CC(c2nc(CCOCC3CCOCC3)no2)C1. The lowest BCUT2D eigenvalue weighted by Gasteiger charge is -2.35. The number of benzene rings is 1. The van der Waals surface area contributed by atoms with E-state index >= 15 is 0 Å². The van der Waals surface area contributed by atoms with Crippen molar-refractivity contribution in [2.45, 2.75) is 30.9 Å². The lowest BCUT2D eigenvalue weighted by Crippen LogP contribution is -2.48. The highest BCUT2D eigenvalue weighted by Gasteiger charge is 2.39. The van der Waals surface area contributed by atoms with Gasteiger partial charge in [0.2, 0.25) is 15.9 Å². The number of sulfonamides is 1. The molecule has 2 aliphatic heterocycles. The summed E-state index contributed by atoms with van der Waals surface area (Å²) in [5.41, 5.74) is 0.168. The second-order valence-corrected chi connectivity index (χ2v) is 9.76. The Bertz CT molecular complexity index is 939. The molecule has 0 N–H and O–H groups in total. The van der Waals surface area contributed by atoms with Crippen molar-refractivity contribution < 1.29 is 26.8 Å². The zero-order valence-corrected chi connectivity index (χ0v) is 17.5. The molecule has 2 aromatic rings. The number of hydrogen-bond donors (Lipinski definition) is 0. The number of rotatable bonds is 9. The van der Waals surface area contributed by atoms with Crippen LogP contribution in [-0.4, -0.2) is 62.4 Å². The molecule has 4 rings (SSSR count). The molecule has 164 valence electrons. The van der Waals surface area contributed by atoms with E-state index in [1.165, 1.54) is 22.5 Å². The summed E-state index contributed by atoms with van der Waals surface area (Å²) in [6.07, 6.45) is 2.61. The van der Waals surface area contributed by atoms with Crippen molar-refractivity contribution in [3.05, 3.63) is 47.4 Å². The topological polar surface area (TPSA) is 94.8 Å². The van der Waals surface area contributed by atoms with Crippen molar-refractivity contribution in [2.75, 3.05) is 39.5 Å². The van der Waals surface area contributed by atoms with E-state index in [-0.39, 0.29) is 30.3 Å². The van der Waals surface area contributed by atoms with Gasteiger partial charge in [0.1, 0.15) is 5.82 Å². The fourth-order valence-electron chi connectivity index (χ4n) is 3.59. The molecule has 2 fully saturated rings. The Morgan fingerprint density at radius 1 is 1.20 bits per heavy atom. The second kappa shape index (κ2) is 9.51. The summed E-state index contributed by atoms with van der Waals surface area (Å²) in [7, 11) is -3.59. The Labute approximate surface area is 175 Å². The smallest absolute Gasteiger partial charge is 0.232 e. The third-order valence-corrected chi connectivity index (χ3v) is 7.30. The lowest BCUT2D eigenvalue weighted by atomic mass is 10.0. The average molecular weight is 440 g/mol. The minimum atomic E-state index is -3.59. The number of nitrogens with zero attached hydrogens (tertiary/aromatic N) is 3. The summed E-state index contributed by atoms with van der Waals surface area (Å²) in [6, 6.07) is 5.91. The van der Waals surface area contributed by atoms with E-state index in [0.29, 0.717) is 37.3 Å². The number of halogens is 1. The van der Waals surface area contributed by atoms with Gasteiger partial charge in [0.05, 0.1) is 18.3 Å². The zero-order valence-electron chi connectivity index (χ0n) is 16.7. The van der Waals surface area contributed by atoms with Crippen molar-refractivity contribution in [1.82, 2.24) is 14.4 Å². The van der Waals surface area contributed by atoms with E-state index in [1.807, 2.05) is 0 Å². The van der Waals surface area contributed by atoms with Gasteiger partial charge in [0, 0.05) is 44.9 Å². The molecule has 0 amide bonds. The van der Waals surface area contributed by atoms with E-state index in [2.05, 4.69) is 10.1 Å². The Morgan fingerprint density at radius 2 is 1.97 bits per heavy atom. The normalized spacial score (nSPS) is 19.1. The van der Waals surface area contributed by atoms with E-state index in [9.17, 15) is 12.8 Å². The van der Waals surface area contributed by atoms with Crippen molar-refractivity contribution in [3.8, 4) is 0 Å². The average Bonchev–Trinajstić information content (AvgIpc) is 3.15. The van der Waals surface area contributed by atoms with Crippen molar-refractivity contribution in [3.63, 3.8) is 0 Å². The fraction of sp³-hybridized carbons (Fsp3) is 0.600. The maximum absolute atomic E-state index is 13.8. The standard InChI is InChI=1S/C20H26FN3O5S/c21-18-4-2-1-3-16(18)14-30(25,26)24-11-17(12-24)20-22-19(23-29-20)7-10-28-13-15-5-8-27-9-6-15/h1-4,15,17H,5-14H2. The Hall–Kier alpha value is -1.88. The molecule has 3 heterocycles. The monoisotopic (exact) mass is 439 g/mol. The molecular weight excluding hydrogens is 413 g/mol. The zero-order chi connectivity index (χ0) is 21.0. The molecule has 0 spiro atoms. The van der Waals surface area contributed by atoms with Gasteiger partial charge in [-0.1, -0.05) is 23.4 Å². The van der Waals surface area contributed by atoms with Gasteiger partial charge in [0.15, 0.2) is 5.82 Å². The van der Waals surface area contributed by atoms with Gasteiger partial charge in [-0.25, -0.2) is 12.8 Å². The first kappa shape index (κ1) is 21.4. The van der Waals surface area contributed by atoms with Crippen LogP contribution in [0.15, 0.2) is 28.8 Å². The Balaban J connectivity index is 1.21. The molecule has 0 bridgehead atoms. The molecule has 8 nitrogen and oxygen atoms in total. The largest absolute Gasteiger partial charge is 0.381 e. The molecule has 1 aromatic heterocycles. The van der Waals surface area contributed by atoms with Crippen LogP contribution in [0, 0.1) is 11.7 Å². The highest BCUT2D eigenvalue weighted by molar-refractivity contribution is 7.88. The molecule has 0 saturated carbocycles. The highest BCUT2D eigenvalue weighted by Crippen LogP contribution is 2.30. The summed E-state index contributed by atoms with van der Waals surface area (Å²) >= 11 is 0. The number of hydrogen-bond acceptors (Lipinski definition) is 7. The quantitative estimate of drug-likeness (QED) is 0.553.